The van der Waals surface area contributed by atoms with Crippen molar-refractivity contribution in [1.29, 1.82) is 0 Å². The number of hydrogen-bond acceptors (Lipinski definition) is 3. The van der Waals surface area contributed by atoms with Gasteiger partial charge in [-0.1, -0.05) is 6.92 Å². The van der Waals surface area contributed by atoms with E-state index in [1.807, 2.05) is 4.90 Å². The van der Waals surface area contributed by atoms with Crippen molar-refractivity contribution in [3.05, 3.63) is 28.7 Å². The lowest BCUT2D eigenvalue weighted by Gasteiger charge is -2.22. The number of carbonyl (C=O) groups is 1. The second-order valence-electron chi connectivity index (χ2n) is 4.75. The number of carbonyl (C=O) groups excluding carboxylic acids is 1. The molecule has 0 unspecified atom stereocenters. The number of amides is 1. The third-order valence-corrected chi connectivity index (χ3v) is 3.08. The van der Waals surface area contributed by atoms with Gasteiger partial charge < -0.3 is 15.2 Å². The summed E-state index contributed by atoms with van der Waals surface area (Å²) in [6.45, 7) is 2.90. The molecule has 1 heterocycles. The normalized spacial score (nSPS) is 14.5. The number of aromatic nitrogens is 1. The average molecular weight is 249 g/mol. The van der Waals surface area contributed by atoms with Crippen molar-refractivity contribution in [2.24, 2.45) is 0 Å². The zero-order valence-corrected chi connectivity index (χ0v) is 10.6. The van der Waals surface area contributed by atoms with Gasteiger partial charge in [0, 0.05) is 30.5 Å². The van der Waals surface area contributed by atoms with Gasteiger partial charge in [0.25, 0.3) is 5.56 Å². The third kappa shape index (κ3) is 2.91. The summed E-state index contributed by atoms with van der Waals surface area (Å²) in [5.74, 6) is 0.00653. The van der Waals surface area contributed by atoms with Gasteiger partial charge in [-0.2, -0.15) is 0 Å². The lowest BCUT2D eigenvalue weighted by Crippen LogP contribution is -2.38. The van der Waals surface area contributed by atoms with Gasteiger partial charge in [0.1, 0.15) is 6.54 Å². The van der Waals surface area contributed by atoms with Gasteiger partial charge in [-0.3, -0.25) is 9.59 Å². The summed E-state index contributed by atoms with van der Waals surface area (Å²) < 4.78 is 1.38. The van der Waals surface area contributed by atoms with E-state index >= 15 is 0 Å². The molecule has 1 fully saturated rings. The van der Waals surface area contributed by atoms with E-state index < -0.39 is 0 Å². The smallest absolute Gasteiger partial charge is 0.251 e. The Balaban J connectivity index is 2.09. The Morgan fingerprint density at radius 3 is 2.83 bits per heavy atom. The summed E-state index contributed by atoms with van der Waals surface area (Å²) >= 11 is 0. The topological polar surface area (TPSA) is 68.3 Å². The molecule has 1 aliphatic rings. The second-order valence-corrected chi connectivity index (χ2v) is 4.75. The second kappa shape index (κ2) is 5.25. The van der Waals surface area contributed by atoms with E-state index in [0.717, 1.165) is 25.8 Å². The third-order valence-electron chi connectivity index (χ3n) is 3.08. The fourth-order valence-electron chi connectivity index (χ4n) is 2.05. The highest BCUT2D eigenvalue weighted by molar-refractivity contribution is 5.76. The van der Waals surface area contributed by atoms with E-state index in [9.17, 15) is 9.59 Å². The van der Waals surface area contributed by atoms with Gasteiger partial charge in [0.15, 0.2) is 0 Å². The van der Waals surface area contributed by atoms with Crippen LogP contribution in [-0.4, -0.2) is 28.0 Å². The lowest BCUT2D eigenvalue weighted by molar-refractivity contribution is -0.132. The van der Waals surface area contributed by atoms with Crippen molar-refractivity contribution in [3.8, 4) is 0 Å². The lowest BCUT2D eigenvalue weighted by atomic mass is 10.3. The minimum atomic E-state index is -0.190. The van der Waals surface area contributed by atoms with Gasteiger partial charge in [-0.15, -0.1) is 0 Å². The molecule has 1 aromatic rings. The maximum atomic E-state index is 12.2. The van der Waals surface area contributed by atoms with Gasteiger partial charge >= 0.3 is 0 Å². The van der Waals surface area contributed by atoms with E-state index in [-0.39, 0.29) is 18.0 Å². The molecular weight excluding hydrogens is 230 g/mol. The van der Waals surface area contributed by atoms with Crippen LogP contribution in [0.1, 0.15) is 26.2 Å². The van der Waals surface area contributed by atoms with Crippen LogP contribution < -0.4 is 11.3 Å². The van der Waals surface area contributed by atoms with Crippen LogP contribution in [0.3, 0.4) is 0 Å². The fourth-order valence-corrected chi connectivity index (χ4v) is 2.05. The number of nitrogens with two attached hydrogens (primary N) is 1. The molecule has 98 valence electrons. The molecule has 0 aromatic carbocycles. The van der Waals surface area contributed by atoms with Crippen molar-refractivity contribution in [3.63, 3.8) is 0 Å². The van der Waals surface area contributed by atoms with Crippen molar-refractivity contribution in [2.75, 3.05) is 12.3 Å². The van der Waals surface area contributed by atoms with Crippen molar-refractivity contribution < 1.29 is 4.79 Å². The zero-order chi connectivity index (χ0) is 13.1. The summed E-state index contributed by atoms with van der Waals surface area (Å²) in [5, 5.41) is 0. The first-order valence-corrected chi connectivity index (χ1v) is 6.37. The number of hydrogen-bond donors (Lipinski definition) is 1. The molecule has 0 atom stereocenters. The molecule has 5 nitrogen and oxygen atoms in total. The van der Waals surface area contributed by atoms with Gasteiger partial charge in [-0.25, -0.2) is 0 Å². The largest absolute Gasteiger partial charge is 0.398 e. The first-order chi connectivity index (χ1) is 8.61. The van der Waals surface area contributed by atoms with Crippen LogP contribution in [0, 0.1) is 0 Å². The number of nitrogen functional groups attached to an aromatic ring is 1. The SMILES string of the molecule is CCCN(C(=O)Cn1cc(N)ccc1=O)C1CC1. The van der Waals surface area contributed by atoms with Crippen LogP contribution in [0.25, 0.3) is 0 Å². The molecular formula is C13H19N3O2. The van der Waals surface area contributed by atoms with E-state index in [1.54, 1.807) is 6.07 Å². The molecule has 5 heteroatoms. The molecule has 1 amide bonds. The highest BCUT2D eigenvalue weighted by Gasteiger charge is 2.31. The number of nitrogens with zero attached hydrogens (tertiary/aromatic N) is 2. The Hall–Kier alpha value is -1.78. The van der Waals surface area contributed by atoms with Gasteiger partial charge in [-0.05, 0) is 25.3 Å². The Bertz CT molecular complexity index is 491. The van der Waals surface area contributed by atoms with Crippen LogP contribution in [0.15, 0.2) is 23.1 Å². The van der Waals surface area contributed by atoms with Crippen LogP contribution in [-0.2, 0) is 11.3 Å². The number of pyridine rings is 1. The van der Waals surface area contributed by atoms with Crippen LogP contribution in [0.2, 0.25) is 0 Å². The summed E-state index contributed by atoms with van der Waals surface area (Å²) in [6, 6.07) is 3.33. The molecule has 0 bridgehead atoms. The Labute approximate surface area is 106 Å². The number of anilines is 1. The molecule has 1 aliphatic carbocycles. The highest BCUT2D eigenvalue weighted by Crippen LogP contribution is 2.27. The summed E-state index contributed by atoms with van der Waals surface area (Å²) in [5.41, 5.74) is 5.93. The van der Waals surface area contributed by atoms with Gasteiger partial charge in [0.05, 0.1) is 0 Å². The van der Waals surface area contributed by atoms with E-state index in [4.69, 9.17) is 5.73 Å². The standard InChI is InChI=1S/C13H19N3O2/c1-2-7-16(11-4-5-11)13(18)9-15-8-10(14)3-6-12(15)17/h3,6,8,11H,2,4-5,7,9,14H2,1H3. The maximum Gasteiger partial charge on any atom is 0.251 e. The van der Waals surface area contributed by atoms with Crippen molar-refractivity contribution in [1.82, 2.24) is 9.47 Å². The van der Waals surface area contributed by atoms with Gasteiger partial charge in [0.2, 0.25) is 5.91 Å². The summed E-state index contributed by atoms with van der Waals surface area (Å²) in [7, 11) is 0. The van der Waals surface area contributed by atoms with E-state index in [1.165, 1.54) is 16.8 Å². The quantitative estimate of drug-likeness (QED) is 0.840. The molecule has 1 aromatic heterocycles. The Morgan fingerprint density at radius 1 is 1.50 bits per heavy atom. The molecule has 18 heavy (non-hydrogen) atoms. The molecule has 0 saturated heterocycles. The first-order valence-electron chi connectivity index (χ1n) is 6.37. The predicted octanol–water partition coefficient (Wildman–Crippen LogP) is 0.831. The number of rotatable bonds is 5. The van der Waals surface area contributed by atoms with Crippen molar-refractivity contribution in [2.45, 2.75) is 38.8 Å². The summed E-state index contributed by atoms with van der Waals surface area (Å²) in [4.78, 5) is 25.7. The summed E-state index contributed by atoms with van der Waals surface area (Å²) in [6.07, 6.45) is 4.63. The van der Waals surface area contributed by atoms with E-state index in [2.05, 4.69) is 6.92 Å². The van der Waals surface area contributed by atoms with Crippen LogP contribution >= 0.6 is 0 Å². The molecule has 2 N–H and O–H groups in total. The van der Waals surface area contributed by atoms with Crippen molar-refractivity contribution >= 4 is 11.6 Å². The molecule has 0 aliphatic heterocycles. The fraction of sp³-hybridized carbons (Fsp3) is 0.538. The van der Waals surface area contributed by atoms with E-state index in [0.29, 0.717) is 11.7 Å². The highest BCUT2D eigenvalue weighted by atomic mass is 16.2. The molecule has 0 radical (unpaired) electrons. The molecule has 1 saturated carbocycles. The monoisotopic (exact) mass is 249 g/mol. The zero-order valence-electron chi connectivity index (χ0n) is 10.6. The Morgan fingerprint density at radius 2 is 2.22 bits per heavy atom. The van der Waals surface area contributed by atoms with Crippen LogP contribution in [0.4, 0.5) is 5.69 Å². The molecule has 0 spiro atoms. The minimum Gasteiger partial charge on any atom is -0.398 e. The first kappa shape index (κ1) is 12.7. The minimum absolute atomic E-state index is 0.00653. The van der Waals surface area contributed by atoms with Crippen LogP contribution in [0.5, 0.6) is 0 Å². The predicted molar refractivity (Wildman–Crippen MR) is 70.1 cm³/mol. The average Bonchev–Trinajstić information content (AvgIpc) is 3.14. The Kier molecular flexibility index (Phi) is 3.69. The molecule has 2 rings (SSSR count). The maximum absolute atomic E-state index is 12.2.